The number of rotatable bonds is 5. The molecule has 0 spiro atoms. The molecule has 0 unspecified atom stereocenters. The van der Waals surface area contributed by atoms with E-state index in [0.717, 1.165) is 14.8 Å². The normalized spacial score (nSPS) is 12.0. The molecule has 0 saturated heterocycles. The van der Waals surface area contributed by atoms with E-state index in [-0.39, 0.29) is 18.5 Å². The SMILES string of the molecule is C[C@@H](NCC(=O)Nc1cccc(I)c1)c1ccc(Cl)cc1. The van der Waals surface area contributed by atoms with Gasteiger partial charge in [-0.1, -0.05) is 29.8 Å². The van der Waals surface area contributed by atoms with Crippen LogP contribution in [0.25, 0.3) is 0 Å². The van der Waals surface area contributed by atoms with E-state index >= 15 is 0 Å². The van der Waals surface area contributed by atoms with Crippen molar-refractivity contribution in [1.29, 1.82) is 0 Å². The molecule has 0 aliphatic carbocycles. The number of benzene rings is 2. The maximum atomic E-state index is 11.9. The molecule has 0 fully saturated rings. The Hall–Kier alpha value is -1.11. The summed E-state index contributed by atoms with van der Waals surface area (Å²) >= 11 is 8.08. The molecule has 0 aliphatic heterocycles. The zero-order valence-electron chi connectivity index (χ0n) is 11.6. The standard InChI is InChI=1S/C16H16ClIN2O/c1-11(12-5-7-13(17)8-6-12)19-10-16(21)20-15-4-2-3-14(18)9-15/h2-9,11,19H,10H2,1H3,(H,20,21)/t11-/m1/s1. The van der Waals surface area contributed by atoms with Crippen LogP contribution in [0.5, 0.6) is 0 Å². The Morgan fingerprint density at radius 1 is 1.24 bits per heavy atom. The number of nitrogens with one attached hydrogen (secondary N) is 2. The van der Waals surface area contributed by atoms with Gasteiger partial charge >= 0.3 is 0 Å². The molecule has 2 aromatic carbocycles. The van der Waals surface area contributed by atoms with Gasteiger partial charge in [0.1, 0.15) is 0 Å². The molecular weight excluding hydrogens is 399 g/mol. The van der Waals surface area contributed by atoms with Crippen molar-refractivity contribution < 1.29 is 4.79 Å². The van der Waals surface area contributed by atoms with Gasteiger partial charge in [-0.3, -0.25) is 4.79 Å². The lowest BCUT2D eigenvalue weighted by atomic mass is 10.1. The molecule has 1 amide bonds. The molecule has 0 aromatic heterocycles. The van der Waals surface area contributed by atoms with Crippen molar-refractivity contribution >= 4 is 45.8 Å². The molecular formula is C16H16ClIN2O. The maximum absolute atomic E-state index is 11.9. The van der Waals surface area contributed by atoms with Crippen LogP contribution in [0, 0.1) is 3.57 Å². The van der Waals surface area contributed by atoms with Gasteiger partial charge in [-0.25, -0.2) is 0 Å². The van der Waals surface area contributed by atoms with E-state index in [1.54, 1.807) is 0 Å². The van der Waals surface area contributed by atoms with E-state index in [0.29, 0.717) is 5.02 Å². The Balaban J connectivity index is 1.84. The largest absolute Gasteiger partial charge is 0.325 e. The Morgan fingerprint density at radius 2 is 1.95 bits per heavy atom. The number of carbonyl (C=O) groups excluding carboxylic acids is 1. The zero-order valence-corrected chi connectivity index (χ0v) is 14.5. The molecule has 0 radical (unpaired) electrons. The van der Waals surface area contributed by atoms with Gasteiger partial charge in [0.25, 0.3) is 0 Å². The minimum absolute atomic E-state index is 0.0576. The van der Waals surface area contributed by atoms with E-state index in [1.807, 2.05) is 55.5 Å². The molecule has 0 aliphatic rings. The number of hydrogen-bond acceptors (Lipinski definition) is 2. The Labute approximate surface area is 143 Å². The average molecular weight is 415 g/mol. The van der Waals surface area contributed by atoms with Gasteiger partial charge in [0.15, 0.2) is 0 Å². The van der Waals surface area contributed by atoms with Gasteiger partial charge in [0, 0.05) is 20.3 Å². The molecule has 110 valence electrons. The number of halogens is 2. The highest BCUT2D eigenvalue weighted by Crippen LogP contribution is 2.16. The molecule has 2 N–H and O–H groups in total. The van der Waals surface area contributed by atoms with Crippen LogP contribution >= 0.6 is 34.2 Å². The summed E-state index contributed by atoms with van der Waals surface area (Å²) in [4.78, 5) is 11.9. The average Bonchev–Trinajstić information content (AvgIpc) is 2.45. The van der Waals surface area contributed by atoms with Crippen molar-refractivity contribution in [2.45, 2.75) is 13.0 Å². The highest BCUT2D eigenvalue weighted by atomic mass is 127. The summed E-state index contributed by atoms with van der Waals surface area (Å²) in [6, 6.07) is 15.4. The van der Waals surface area contributed by atoms with E-state index in [9.17, 15) is 4.79 Å². The summed E-state index contributed by atoms with van der Waals surface area (Å²) in [6.45, 7) is 2.28. The summed E-state index contributed by atoms with van der Waals surface area (Å²) in [5, 5.41) is 6.78. The second-order valence-electron chi connectivity index (χ2n) is 4.71. The molecule has 3 nitrogen and oxygen atoms in total. The van der Waals surface area contributed by atoms with Crippen LogP contribution in [0.1, 0.15) is 18.5 Å². The first kappa shape index (κ1) is 16.3. The smallest absolute Gasteiger partial charge is 0.238 e. The van der Waals surface area contributed by atoms with Crippen molar-refractivity contribution in [2.75, 3.05) is 11.9 Å². The van der Waals surface area contributed by atoms with Crippen LogP contribution < -0.4 is 10.6 Å². The molecule has 5 heteroatoms. The molecule has 2 aromatic rings. The fourth-order valence-electron chi connectivity index (χ4n) is 1.89. The number of carbonyl (C=O) groups is 1. The third-order valence-electron chi connectivity index (χ3n) is 3.05. The quantitative estimate of drug-likeness (QED) is 0.719. The van der Waals surface area contributed by atoms with Crippen LogP contribution in [-0.2, 0) is 4.79 Å². The number of hydrogen-bond donors (Lipinski definition) is 2. The van der Waals surface area contributed by atoms with E-state index in [2.05, 4.69) is 33.2 Å². The van der Waals surface area contributed by atoms with Crippen molar-refractivity contribution in [1.82, 2.24) is 5.32 Å². The van der Waals surface area contributed by atoms with Crippen molar-refractivity contribution in [3.05, 3.63) is 62.7 Å². The van der Waals surface area contributed by atoms with Gasteiger partial charge in [0.05, 0.1) is 6.54 Å². The zero-order chi connectivity index (χ0) is 15.2. The Morgan fingerprint density at radius 3 is 2.62 bits per heavy atom. The fraction of sp³-hybridized carbons (Fsp3) is 0.188. The molecule has 2 rings (SSSR count). The third kappa shape index (κ3) is 5.30. The van der Waals surface area contributed by atoms with Crippen molar-refractivity contribution in [3.63, 3.8) is 0 Å². The lowest BCUT2D eigenvalue weighted by Crippen LogP contribution is -2.30. The van der Waals surface area contributed by atoms with Crippen molar-refractivity contribution in [3.8, 4) is 0 Å². The highest BCUT2D eigenvalue weighted by Gasteiger charge is 2.08. The minimum atomic E-state index is -0.0576. The highest BCUT2D eigenvalue weighted by molar-refractivity contribution is 14.1. The summed E-state index contributed by atoms with van der Waals surface area (Å²) < 4.78 is 1.09. The fourth-order valence-corrected chi connectivity index (χ4v) is 2.56. The van der Waals surface area contributed by atoms with Crippen LogP contribution in [-0.4, -0.2) is 12.5 Å². The summed E-state index contributed by atoms with van der Waals surface area (Å²) in [5.74, 6) is -0.0576. The van der Waals surface area contributed by atoms with Crippen LogP contribution in [0.2, 0.25) is 5.02 Å². The van der Waals surface area contributed by atoms with Crippen molar-refractivity contribution in [2.24, 2.45) is 0 Å². The van der Waals surface area contributed by atoms with Gasteiger partial charge in [-0.2, -0.15) is 0 Å². The Bertz CT molecular complexity index is 616. The van der Waals surface area contributed by atoms with Gasteiger partial charge in [-0.15, -0.1) is 0 Å². The molecule has 1 atom stereocenters. The van der Waals surface area contributed by atoms with Crippen LogP contribution in [0.4, 0.5) is 5.69 Å². The van der Waals surface area contributed by atoms with E-state index in [4.69, 9.17) is 11.6 Å². The first-order chi connectivity index (χ1) is 10.0. The lowest BCUT2D eigenvalue weighted by molar-refractivity contribution is -0.115. The van der Waals surface area contributed by atoms with Gasteiger partial charge in [0.2, 0.25) is 5.91 Å². The predicted molar refractivity (Wildman–Crippen MR) is 95.7 cm³/mol. The molecule has 21 heavy (non-hydrogen) atoms. The maximum Gasteiger partial charge on any atom is 0.238 e. The second kappa shape index (κ2) is 7.77. The Kier molecular flexibility index (Phi) is 6.02. The first-order valence-corrected chi connectivity index (χ1v) is 8.04. The van der Waals surface area contributed by atoms with Gasteiger partial charge in [-0.05, 0) is 65.4 Å². The topological polar surface area (TPSA) is 41.1 Å². The van der Waals surface area contributed by atoms with E-state index in [1.165, 1.54) is 0 Å². The van der Waals surface area contributed by atoms with E-state index < -0.39 is 0 Å². The summed E-state index contributed by atoms with van der Waals surface area (Å²) in [5.41, 5.74) is 1.91. The second-order valence-corrected chi connectivity index (χ2v) is 6.39. The van der Waals surface area contributed by atoms with Crippen LogP contribution in [0.15, 0.2) is 48.5 Å². The number of amides is 1. The minimum Gasteiger partial charge on any atom is -0.325 e. The van der Waals surface area contributed by atoms with Gasteiger partial charge < -0.3 is 10.6 Å². The first-order valence-electron chi connectivity index (χ1n) is 6.59. The molecule has 0 heterocycles. The third-order valence-corrected chi connectivity index (χ3v) is 3.97. The summed E-state index contributed by atoms with van der Waals surface area (Å²) in [6.07, 6.45) is 0. The molecule has 0 saturated carbocycles. The molecule has 0 bridgehead atoms. The summed E-state index contributed by atoms with van der Waals surface area (Å²) in [7, 11) is 0. The lowest BCUT2D eigenvalue weighted by Gasteiger charge is -2.14. The monoisotopic (exact) mass is 414 g/mol. The van der Waals surface area contributed by atoms with Crippen LogP contribution in [0.3, 0.4) is 0 Å². The predicted octanol–water partition coefficient (Wildman–Crippen LogP) is 4.23. The number of anilines is 1.